The second-order valence-electron chi connectivity index (χ2n) is 8.48. The molecule has 4 heterocycles. The first-order valence-corrected chi connectivity index (χ1v) is 13.9. The first-order chi connectivity index (χ1) is 14.6. The van der Waals surface area contributed by atoms with E-state index in [1.807, 2.05) is 12.4 Å². The molecule has 2 aliphatic rings. The Morgan fingerprint density at radius 1 is 1.20 bits per heavy atom. The number of fused-ring (bicyclic) bond motifs is 1. The van der Waals surface area contributed by atoms with E-state index in [1.165, 1.54) is 12.8 Å². The average molecular weight is 538 g/mol. The topological polar surface area (TPSA) is 75.8 Å². The summed E-state index contributed by atoms with van der Waals surface area (Å²) in [6, 6.07) is 2.97. The summed E-state index contributed by atoms with van der Waals surface area (Å²) >= 11 is 2.28. The number of halogens is 1. The third kappa shape index (κ3) is 4.26. The highest BCUT2D eigenvalue weighted by Gasteiger charge is 2.29. The van der Waals surface area contributed by atoms with Gasteiger partial charge >= 0.3 is 0 Å². The van der Waals surface area contributed by atoms with Crippen molar-refractivity contribution in [1.82, 2.24) is 28.6 Å². The first kappa shape index (κ1) is 20.4. The number of nitrogens with zero attached hydrogens (tertiary/aromatic N) is 6. The van der Waals surface area contributed by atoms with Crippen LogP contribution in [0.4, 0.5) is 17.5 Å². The fourth-order valence-electron chi connectivity index (χ4n) is 4.13. The van der Waals surface area contributed by atoms with E-state index < -0.39 is 0 Å². The lowest BCUT2D eigenvalue weighted by molar-refractivity contribution is 0.212. The van der Waals surface area contributed by atoms with Gasteiger partial charge in [-0.3, -0.25) is 8.65 Å². The first-order valence-electron chi connectivity index (χ1n) is 10.5. The Labute approximate surface area is 192 Å². The monoisotopic (exact) mass is 538 g/mol. The minimum Gasteiger partial charge on any atom is -0.367 e. The minimum atomic E-state index is 0.415. The van der Waals surface area contributed by atoms with Gasteiger partial charge in [0.15, 0.2) is 5.65 Å². The van der Waals surface area contributed by atoms with Crippen LogP contribution in [-0.2, 0) is 0 Å². The van der Waals surface area contributed by atoms with Gasteiger partial charge in [-0.05, 0) is 64.7 Å². The van der Waals surface area contributed by atoms with E-state index in [0.29, 0.717) is 18.0 Å². The molecule has 1 aliphatic carbocycles. The lowest BCUT2D eigenvalue weighted by Crippen LogP contribution is -2.31. The molecule has 1 atom stereocenters. The van der Waals surface area contributed by atoms with E-state index in [4.69, 9.17) is 9.97 Å². The Kier molecular flexibility index (Phi) is 5.80. The molecule has 0 bridgehead atoms. The van der Waals surface area contributed by atoms with Crippen molar-refractivity contribution >= 4 is 58.8 Å². The van der Waals surface area contributed by atoms with E-state index in [2.05, 4.69) is 76.7 Å². The summed E-state index contributed by atoms with van der Waals surface area (Å²) in [7, 11) is 3.79. The minimum absolute atomic E-state index is 0.415. The predicted molar refractivity (Wildman–Crippen MR) is 132 cm³/mol. The molecule has 0 radical (unpaired) electrons. The molecule has 30 heavy (non-hydrogen) atoms. The molecule has 1 aliphatic heterocycles. The smallest absolute Gasteiger partial charge is 0.231 e. The molecule has 3 aromatic heterocycles. The standard InChI is InChI=1S/C20H27IN8S/c1-13(14-3-4-14)23-18-17-7-10-29(30-21)19(17)26-20(25-18)24-15-11-22-28(12-15)16-5-8-27(2)9-6-16/h7,10-14,16H,3-6,8-9H2,1-2H3,(H2,23,24,25,26)/t13-/m0/s1. The molecule has 1 saturated heterocycles. The Morgan fingerprint density at radius 2 is 2.00 bits per heavy atom. The Balaban J connectivity index is 1.39. The van der Waals surface area contributed by atoms with Crippen LogP contribution >= 0.6 is 30.3 Å². The number of nitrogens with one attached hydrogen (secondary N) is 2. The van der Waals surface area contributed by atoms with E-state index >= 15 is 0 Å². The molecular formula is C20H27IN8S. The molecule has 1 saturated carbocycles. The van der Waals surface area contributed by atoms with Crippen molar-refractivity contribution in [1.29, 1.82) is 0 Å². The number of hydrogen-bond acceptors (Lipinski definition) is 7. The second-order valence-corrected chi connectivity index (χ2v) is 10.2. The zero-order valence-electron chi connectivity index (χ0n) is 17.3. The van der Waals surface area contributed by atoms with Gasteiger partial charge in [0.1, 0.15) is 5.82 Å². The molecule has 0 unspecified atom stereocenters. The average Bonchev–Trinajstić information content (AvgIpc) is 3.36. The van der Waals surface area contributed by atoms with Gasteiger partial charge in [0.2, 0.25) is 5.95 Å². The summed E-state index contributed by atoms with van der Waals surface area (Å²) in [6.07, 6.45) is 10.9. The van der Waals surface area contributed by atoms with Crippen LogP contribution in [-0.4, -0.2) is 54.8 Å². The zero-order chi connectivity index (χ0) is 20.7. The molecule has 10 heteroatoms. The normalized spacial score (nSPS) is 19.3. The molecule has 2 fully saturated rings. The van der Waals surface area contributed by atoms with Crippen LogP contribution in [0, 0.1) is 5.92 Å². The molecule has 2 N–H and O–H groups in total. The number of piperidine rings is 1. The van der Waals surface area contributed by atoms with Gasteiger partial charge < -0.3 is 15.5 Å². The maximum atomic E-state index is 4.82. The second kappa shape index (κ2) is 8.54. The van der Waals surface area contributed by atoms with Crippen LogP contribution in [0.2, 0.25) is 0 Å². The van der Waals surface area contributed by atoms with Crippen LogP contribution in [0.1, 0.15) is 38.6 Å². The summed E-state index contributed by atoms with van der Waals surface area (Å²) in [6.45, 7) is 4.48. The van der Waals surface area contributed by atoms with Crippen molar-refractivity contribution in [2.75, 3.05) is 30.8 Å². The Hall–Kier alpha value is -1.53. The van der Waals surface area contributed by atoms with Gasteiger partial charge in [0.05, 0.1) is 23.3 Å². The molecule has 3 aromatic rings. The third-order valence-electron chi connectivity index (χ3n) is 6.20. The molecule has 8 nitrogen and oxygen atoms in total. The van der Waals surface area contributed by atoms with Crippen LogP contribution in [0.3, 0.4) is 0 Å². The number of hydrogen-bond donors (Lipinski definition) is 2. The molecular weight excluding hydrogens is 511 g/mol. The lowest BCUT2D eigenvalue weighted by atomic mass is 10.1. The number of rotatable bonds is 7. The highest BCUT2D eigenvalue weighted by Crippen LogP contribution is 2.36. The van der Waals surface area contributed by atoms with E-state index in [9.17, 15) is 0 Å². The molecule has 0 aromatic carbocycles. The van der Waals surface area contributed by atoms with Crippen molar-refractivity contribution in [3.05, 3.63) is 24.7 Å². The number of anilines is 3. The van der Waals surface area contributed by atoms with Crippen molar-refractivity contribution in [2.45, 2.75) is 44.7 Å². The third-order valence-corrected chi connectivity index (χ3v) is 7.92. The lowest BCUT2D eigenvalue weighted by Gasteiger charge is -2.28. The largest absolute Gasteiger partial charge is 0.367 e. The van der Waals surface area contributed by atoms with Gasteiger partial charge in [-0.25, -0.2) is 0 Å². The molecule has 160 valence electrons. The quantitative estimate of drug-likeness (QED) is 0.423. The van der Waals surface area contributed by atoms with Crippen LogP contribution in [0.5, 0.6) is 0 Å². The fraction of sp³-hybridized carbons (Fsp3) is 0.550. The maximum absolute atomic E-state index is 4.82. The molecule has 0 amide bonds. The van der Waals surface area contributed by atoms with Gasteiger partial charge in [-0.1, -0.05) is 0 Å². The summed E-state index contributed by atoms with van der Waals surface area (Å²) in [5.74, 6) is 2.25. The molecule has 0 spiro atoms. The van der Waals surface area contributed by atoms with E-state index in [1.54, 1.807) is 9.12 Å². The number of aromatic nitrogens is 5. The zero-order valence-corrected chi connectivity index (χ0v) is 20.2. The SMILES string of the molecule is C[C@H](Nc1nc(Nc2cnn(C3CCN(C)CC3)c2)nc2c1ccn2SI)C1CC1. The van der Waals surface area contributed by atoms with Crippen molar-refractivity contribution in [3.8, 4) is 0 Å². The van der Waals surface area contributed by atoms with Gasteiger partial charge in [0.25, 0.3) is 0 Å². The van der Waals surface area contributed by atoms with Crippen LogP contribution in [0.25, 0.3) is 11.0 Å². The summed E-state index contributed by atoms with van der Waals surface area (Å²) in [5, 5.41) is 12.7. The van der Waals surface area contributed by atoms with Gasteiger partial charge in [0, 0.05) is 48.8 Å². The van der Waals surface area contributed by atoms with Crippen molar-refractivity contribution in [2.24, 2.45) is 5.92 Å². The predicted octanol–water partition coefficient (Wildman–Crippen LogP) is 4.69. The van der Waals surface area contributed by atoms with E-state index in [-0.39, 0.29) is 0 Å². The summed E-state index contributed by atoms with van der Waals surface area (Å²) in [4.78, 5) is 12.0. The highest BCUT2D eigenvalue weighted by atomic mass is 127. The summed E-state index contributed by atoms with van der Waals surface area (Å²) < 4.78 is 4.16. The van der Waals surface area contributed by atoms with Gasteiger partial charge in [-0.2, -0.15) is 15.1 Å². The Morgan fingerprint density at radius 3 is 2.73 bits per heavy atom. The highest BCUT2D eigenvalue weighted by molar-refractivity contribution is 14.2. The van der Waals surface area contributed by atoms with Crippen molar-refractivity contribution < 1.29 is 0 Å². The molecule has 5 rings (SSSR count). The maximum Gasteiger partial charge on any atom is 0.231 e. The fourth-order valence-corrected chi connectivity index (χ4v) is 5.40. The van der Waals surface area contributed by atoms with Crippen molar-refractivity contribution in [3.63, 3.8) is 0 Å². The van der Waals surface area contributed by atoms with Gasteiger partial charge in [-0.15, -0.1) is 0 Å². The Bertz CT molecular complexity index is 1020. The van der Waals surface area contributed by atoms with Crippen LogP contribution in [0.15, 0.2) is 24.7 Å². The summed E-state index contributed by atoms with van der Waals surface area (Å²) in [5.41, 5.74) is 1.84. The van der Waals surface area contributed by atoms with Crippen LogP contribution < -0.4 is 10.6 Å². The number of likely N-dealkylation sites (tertiary alicyclic amines) is 1. The van der Waals surface area contributed by atoms with E-state index in [0.717, 1.165) is 54.4 Å².